The van der Waals surface area contributed by atoms with E-state index in [9.17, 15) is 9.90 Å². The number of carbonyl (C=O) groups excluding carboxylic acids is 1. The van der Waals surface area contributed by atoms with Crippen LogP contribution in [0.15, 0.2) is 18.2 Å². The van der Waals surface area contributed by atoms with Gasteiger partial charge in [0.2, 0.25) is 5.91 Å². The number of nitrogens with zero attached hydrogens (tertiary/aromatic N) is 3. The van der Waals surface area contributed by atoms with Crippen molar-refractivity contribution >= 4 is 11.6 Å². The average Bonchev–Trinajstić information content (AvgIpc) is 2.87. The molecule has 0 aromatic heterocycles. The minimum Gasteiger partial charge on any atom is -0.388 e. The molecule has 0 spiro atoms. The molecular weight excluding hydrogens is 290 g/mol. The first-order valence-corrected chi connectivity index (χ1v) is 8.60. The van der Waals surface area contributed by atoms with Gasteiger partial charge in [0, 0.05) is 45.5 Å². The van der Waals surface area contributed by atoms with Gasteiger partial charge in [-0.15, -0.1) is 0 Å². The van der Waals surface area contributed by atoms with E-state index in [1.54, 1.807) is 11.9 Å². The molecule has 1 fully saturated rings. The van der Waals surface area contributed by atoms with Crippen molar-refractivity contribution in [3.05, 3.63) is 29.3 Å². The minimum absolute atomic E-state index is 0.125. The molecule has 1 amide bonds. The van der Waals surface area contributed by atoms with Gasteiger partial charge in [0.1, 0.15) is 0 Å². The molecule has 1 aromatic carbocycles. The van der Waals surface area contributed by atoms with Gasteiger partial charge in [0.25, 0.3) is 0 Å². The Morgan fingerprint density at radius 1 is 1.17 bits per heavy atom. The van der Waals surface area contributed by atoms with Crippen LogP contribution in [0.3, 0.4) is 0 Å². The van der Waals surface area contributed by atoms with Gasteiger partial charge in [0.05, 0.1) is 12.5 Å². The summed E-state index contributed by atoms with van der Waals surface area (Å²) in [6, 6.07) is 5.91. The maximum Gasteiger partial charge on any atom is 0.231 e. The molecule has 2 aliphatic heterocycles. The number of amides is 1. The van der Waals surface area contributed by atoms with Crippen molar-refractivity contribution in [2.24, 2.45) is 0 Å². The smallest absolute Gasteiger partial charge is 0.231 e. The van der Waals surface area contributed by atoms with E-state index in [4.69, 9.17) is 0 Å². The molecule has 0 aliphatic carbocycles. The summed E-state index contributed by atoms with van der Waals surface area (Å²) in [5, 5.41) is 10.5. The Morgan fingerprint density at radius 2 is 1.87 bits per heavy atom. The van der Waals surface area contributed by atoms with E-state index < -0.39 is 6.10 Å². The van der Waals surface area contributed by atoms with Crippen LogP contribution >= 0.6 is 0 Å². The summed E-state index contributed by atoms with van der Waals surface area (Å²) >= 11 is 0. The van der Waals surface area contributed by atoms with Crippen LogP contribution in [0.25, 0.3) is 0 Å². The van der Waals surface area contributed by atoms with Crippen molar-refractivity contribution in [1.29, 1.82) is 0 Å². The van der Waals surface area contributed by atoms with Crippen molar-refractivity contribution in [1.82, 2.24) is 9.80 Å². The number of piperazine rings is 1. The lowest BCUT2D eigenvalue weighted by molar-refractivity contribution is -0.117. The minimum atomic E-state index is -0.453. The first-order chi connectivity index (χ1) is 11.1. The molecular formula is C18H27N3O2. The Hall–Kier alpha value is -1.43. The van der Waals surface area contributed by atoms with E-state index in [0.717, 1.165) is 62.5 Å². The molecule has 2 heterocycles. The molecule has 23 heavy (non-hydrogen) atoms. The average molecular weight is 317 g/mol. The van der Waals surface area contributed by atoms with Crippen molar-refractivity contribution in [3.8, 4) is 0 Å². The standard InChI is InChI=1S/C18H27N3O2/c1-3-20-8-10-21(11-9-20)7-6-17(22)14-4-5-16-15(12-14)13-18(23)19(16)2/h4-5,12,17,22H,3,6-11,13H2,1-2H3. The number of rotatable bonds is 5. The predicted molar refractivity (Wildman–Crippen MR) is 91.7 cm³/mol. The molecule has 5 nitrogen and oxygen atoms in total. The van der Waals surface area contributed by atoms with Crippen molar-refractivity contribution in [2.75, 3.05) is 51.2 Å². The Kier molecular flexibility index (Phi) is 4.99. The highest BCUT2D eigenvalue weighted by atomic mass is 16.3. The SMILES string of the molecule is CCN1CCN(CCC(O)c2ccc3c(c2)CC(=O)N3C)CC1. The summed E-state index contributed by atoms with van der Waals surface area (Å²) in [7, 11) is 1.81. The van der Waals surface area contributed by atoms with Crippen LogP contribution in [0.1, 0.15) is 30.6 Å². The van der Waals surface area contributed by atoms with Gasteiger partial charge in [-0.3, -0.25) is 4.79 Å². The third-order valence-corrected chi connectivity index (χ3v) is 5.20. The molecule has 2 aliphatic rings. The van der Waals surface area contributed by atoms with Crippen molar-refractivity contribution in [2.45, 2.75) is 25.9 Å². The highest BCUT2D eigenvalue weighted by Gasteiger charge is 2.25. The number of benzene rings is 1. The highest BCUT2D eigenvalue weighted by molar-refractivity contribution is 6.00. The molecule has 0 saturated carbocycles. The topological polar surface area (TPSA) is 47.0 Å². The number of fused-ring (bicyclic) bond motifs is 1. The van der Waals surface area contributed by atoms with E-state index in [2.05, 4.69) is 16.7 Å². The molecule has 1 unspecified atom stereocenters. The summed E-state index contributed by atoms with van der Waals surface area (Å²) in [5.74, 6) is 0.125. The Bertz CT molecular complexity index is 567. The fourth-order valence-electron chi connectivity index (χ4n) is 3.50. The zero-order valence-corrected chi connectivity index (χ0v) is 14.2. The van der Waals surface area contributed by atoms with Crippen LogP contribution in [-0.2, 0) is 11.2 Å². The van der Waals surface area contributed by atoms with Crippen molar-refractivity contribution in [3.63, 3.8) is 0 Å². The molecule has 126 valence electrons. The van der Waals surface area contributed by atoms with Crippen LogP contribution in [0.5, 0.6) is 0 Å². The van der Waals surface area contributed by atoms with E-state index in [1.807, 2.05) is 18.2 Å². The second-order valence-corrected chi connectivity index (χ2v) is 6.60. The Morgan fingerprint density at radius 3 is 2.57 bits per heavy atom. The van der Waals surface area contributed by atoms with Gasteiger partial charge in [-0.2, -0.15) is 0 Å². The van der Waals surface area contributed by atoms with Gasteiger partial charge < -0.3 is 19.8 Å². The van der Waals surface area contributed by atoms with Crippen LogP contribution in [-0.4, -0.2) is 67.1 Å². The number of aliphatic hydroxyl groups excluding tert-OH is 1. The van der Waals surface area contributed by atoms with E-state index in [0.29, 0.717) is 6.42 Å². The molecule has 1 saturated heterocycles. The lowest BCUT2D eigenvalue weighted by atomic mass is 10.0. The first-order valence-electron chi connectivity index (χ1n) is 8.60. The quantitative estimate of drug-likeness (QED) is 0.888. The number of likely N-dealkylation sites (N-methyl/N-ethyl adjacent to an activating group) is 2. The van der Waals surface area contributed by atoms with Gasteiger partial charge in [0.15, 0.2) is 0 Å². The number of anilines is 1. The molecule has 5 heteroatoms. The molecule has 1 atom stereocenters. The summed E-state index contributed by atoms with van der Waals surface area (Å²) in [6.45, 7) is 8.68. The maximum atomic E-state index is 11.7. The summed E-state index contributed by atoms with van der Waals surface area (Å²) in [4.78, 5) is 18.3. The molecule has 0 radical (unpaired) electrons. The fourth-order valence-corrected chi connectivity index (χ4v) is 3.50. The largest absolute Gasteiger partial charge is 0.388 e. The first kappa shape index (κ1) is 16.4. The number of carbonyl (C=O) groups is 1. The van der Waals surface area contributed by atoms with Crippen LogP contribution in [0.4, 0.5) is 5.69 Å². The van der Waals surface area contributed by atoms with Crippen LogP contribution in [0, 0.1) is 0 Å². The summed E-state index contributed by atoms with van der Waals surface area (Å²) < 4.78 is 0. The molecule has 3 rings (SSSR count). The highest BCUT2D eigenvalue weighted by Crippen LogP contribution is 2.30. The summed E-state index contributed by atoms with van der Waals surface area (Å²) in [6.07, 6.45) is 0.741. The zero-order valence-electron chi connectivity index (χ0n) is 14.2. The van der Waals surface area contributed by atoms with Crippen molar-refractivity contribution < 1.29 is 9.90 Å². The normalized spacial score (nSPS) is 20.8. The van der Waals surface area contributed by atoms with Crippen LogP contribution < -0.4 is 4.90 Å². The lowest BCUT2D eigenvalue weighted by Crippen LogP contribution is -2.46. The number of hydrogen-bond donors (Lipinski definition) is 1. The number of hydrogen-bond acceptors (Lipinski definition) is 4. The lowest BCUT2D eigenvalue weighted by Gasteiger charge is -2.34. The second kappa shape index (κ2) is 6.99. The Labute approximate surface area is 138 Å². The van der Waals surface area contributed by atoms with E-state index in [-0.39, 0.29) is 5.91 Å². The van der Waals surface area contributed by atoms with Gasteiger partial charge in [-0.05, 0) is 30.2 Å². The molecule has 1 N–H and O–H groups in total. The van der Waals surface area contributed by atoms with Gasteiger partial charge >= 0.3 is 0 Å². The van der Waals surface area contributed by atoms with E-state index in [1.165, 1.54) is 0 Å². The van der Waals surface area contributed by atoms with Gasteiger partial charge in [-0.25, -0.2) is 0 Å². The summed E-state index contributed by atoms with van der Waals surface area (Å²) in [5.41, 5.74) is 2.94. The number of aliphatic hydroxyl groups is 1. The third-order valence-electron chi connectivity index (χ3n) is 5.20. The van der Waals surface area contributed by atoms with Crippen LogP contribution in [0.2, 0.25) is 0 Å². The van der Waals surface area contributed by atoms with E-state index >= 15 is 0 Å². The fraction of sp³-hybridized carbons (Fsp3) is 0.611. The third kappa shape index (κ3) is 3.57. The predicted octanol–water partition coefficient (Wildman–Crippen LogP) is 1.27. The second-order valence-electron chi connectivity index (χ2n) is 6.60. The monoisotopic (exact) mass is 317 g/mol. The molecule has 0 bridgehead atoms. The van der Waals surface area contributed by atoms with Gasteiger partial charge in [-0.1, -0.05) is 19.1 Å². The Balaban J connectivity index is 1.54. The molecule has 1 aromatic rings. The zero-order chi connectivity index (χ0) is 16.4. The maximum absolute atomic E-state index is 11.7.